The number of carbonyl (C=O) groups excluding carboxylic acids is 5. The number of primary amides is 1. The number of H-pyrrole nitrogens is 1. The number of hydrogen-bond acceptors (Lipinski definition) is 6. The molecule has 13 nitrogen and oxygen atoms in total. The predicted octanol–water partition coefficient (Wildman–Crippen LogP) is 1.26. The monoisotopic (exact) mass is 595 g/mol. The predicted molar refractivity (Wildman–Crippen MR) is 152 cm³/mol. The molecule has 3 atom stereocenters. The minimum Gasteiger partial charge on any atom is -0.370 e. The van der Waals surface area contributed by atoms with Gasteiger partial charge in [0.15, 0.2) is 0 Å². The average molecular weight is 596 g/mol. The highest BCUT2D eigenvalue weighted by Gasteiger charge is 2.44. The lowest BCUT2D eigenvalue weighted by Gasteiger charge is -2.28. The van der Waals surface area contributed by atoms with E-state index in [9.17, 15) is 38.3 Å². The van der Waals surface area contributed by atoms with Crippen LogP contribution in [-0.2, 0) is 31.8 Å². The quantitative estimate of drug-likeness (QED) is 0.198. The van der Waals surface area contributed by atoms with Crippen LogP contribution in [0.15, 0.2) is 42.5 Å². The van der Waals surface area contributed by atoms with Crippen molar-refractivity contribution in [1.29, 1.82) is 0 Å². The Bertz CT molecular complexity index is 1680. The van der Waals surface area contributed by atoms with Gasteiger partial charge in [-0.05, 0) is 61.6 Å². The second-order valence-electron chi connectivity index (χ2n) is 10.7. The van der Waals surface area contributed by atoms with E-state index in [0.29, 0.717) is 42.3 Å². The number of amides is 4. The zero-order valence-corrected chi connectivity index (χ0v) is 23.5. The lowest BCUT2D eigenvalue weighted by Crippen LogP contribution is -2.55. The number of hydrogen-bond donors (Lipinski definition) is 6. The van der Waals surface area contributed by atoms with Gasteiger partial charge >= 0.3 is 7.60 Å². The van der Waals surface area contributed by atoms with Gasteiger partial charge in [-0.15, -0.1) is 0 Å². The summed E-state index contributed by atoms with van der Waals surface area (Å²) in [4.78, 5) is 86.4. The minimum atomic E-state index is -4.98. The third kappa shape index (κ3) is 5.71. The molecular formula is C28H30N5O8P. The van der Waals surface area contributed by atoms with Crippen LogP contribution in [0, 0.1) is 0 Å². The Hall–Kier alpha value is -4.32. The first kappa shape index (κ1) is 29.2. The molecule has 0 radical (unpaired) electrons. The molecule has 3 aromatic rings. The number of aryl methyl sites for hydroxylation is 1. The van der Waals surface area contributed by atoms with Crippen LogP contribution in [0.25, 0.3) is 10.9 Å². The molecule has 2 aromatic carbocycles. The summed E-state index contributed by atoms with van der Waals surface area (Å²) in [6.45, 7) is 1.76. The number of nitrogens with one attached hydrogen (secondary N) is 3. The van der Waals surface area contributed by atoms with E-state index in [4.69, 9.17) is 5.73 Å². The van der Waals surface area contributed by atoms with E-state index in [2.05, 4.69) is 15.6 Å². The molecule has 220 valence electrons. The van der Waals surface area contributed by atoms with Crippen LogP contribution in [0.1, 0.15) is 58.2 Å². The van der Waals surface area contributed by atoms with Crippen molar-refractivity contribution < 1.29 is 38.3 Å². The number of para-hydroxylation sites is 1. The van der Waals surface area contributed by atoms with Crippen molar-refractivity contribution in [2.45, 2.75) is 57.2 Å². The molecular weight excluding hydrogens is 565 g/mol. The van der Waals surface area contributed by atoms with Crippen molar-refractivity contribution in [2.75, 3.05) is 4.90 Å². The van der Waals surface area contributed by atoms with Gasteiger partial charge in [0.2, 0.25) is 17.7 Å². The Balaban J connectivity index is 1.36. The third-order valence-electron chi connectivity index (χ3n) is 7.60. The first-order chi connectivity index (χ1) is 19.8. The van der Waals surface area contributed by atoms with Gasteiger partial charge in [-0.2, -0.15) is 0 Å². The fourth-order valence-electron chi connectivity index (χ4n) is 5.54. The highest BCUT2D eigenvalue weighted by Crippen LogP contribution is 2.40. The van der Waals surface area contributed by atoms with Gasteiger partial charge in [0.05, 0.1) is 5.69 Å². The molecule has 2 aliphatic rings. The molecule has 0 spiro atoms. The number of aromatic amines is 1. The van der Waals surface area contributed by atoms with Crippen LogP contribution >= 0.6 is 7.60 Å². The maximum atomic E-state index is 13.9. The van der Waals surface area contributed by atoms with Crippen molar-refractivity contribution in [3.05, 3.63) is 64.8 Å². The van der Waals surface area contributed by atoms with E-state index in [1.165, 1.54) is 29.2 Å². The normalized spacial score (nSPS) is 18.7. The highest BCUT2D eigenvalue weighted by atomic mass is 31.2. The van der Waals surface area contributed by atoms with E-state index >= 15 is 0 Å². The van der Waals surface area contributed by atoms with Crippen LogP contribution in [0.5, 0.6) is 0 Å². The summed E-state index contributed by atoms with van der Waals surface area (Å²) in [7, 11) is -4.98. The van der Waals surface area contributed by atoms with E-state index in [1.807, 2.05) is 18.2 Å². The minimum absolute atomic E-state index is 0.0834. The van der Waals surface area contributed by atoms with Gasteiger partial charge in [-0.3, -0.25) is 33.4 Å². The number of aromatic nitrogens is 1. The summed E-state index contributed by atoms with van der Waals surface area (Å²) in [6, 6.07) is 8.90. The van der Waals surface area contributed by atoms with Crippen molar-refractivity contribution in [3.8, 4) is 0 Å². The molecule has 4 amide bonds. The lowest BCUT2D eigenvalue weighted by molar-refractivity contribution is -0.127. The number of rotatable bonds is 9. The van der Waals surface area contributed by atoms with Gasteiger partial charge < -0.3 is 31.1 Å². The summed E-state index contributed by atoms with van der Waals surface area (Å²) in [6.07, 6.45) is 1.56. The molecule has 3 heterocycles. The van der Waals surface area contributed by atoms with E-state index in [0.717, 1.165) is 11.1 Å². The molecule has 14 heteroatoms. The van der Waals surface area contributed by atoms with Gasteiger partial charge in [0.25, 0.3) is 11.4 Å². The number of nitrogens with zero attached hydrogens (tertiary/aromatic N) is 1. The SMILES string of the molecule is C[C@H](CCC(N)=O)NC(=O)[C@@H]1Cc2cccc3c2N1C(=O)[C@@H](NC(=O)c1cc2cc(C(=O)P(=O)(O)O)ccc2[nH]1)CC3. The van der Waals surface area contributed by atoms with Crippen LogP contribution in [-0.4, -0.2) is 62.0 Å². The zero-order valence-electron chi connectivity index (χ0n) is 22.6. The van der Waals surface area contributed by atoms with Crippen molar-refractivity contribution in [2.24, 2.45) is 5.73 Å². The number of nitrogens with two attached hydrogens (primary N) is 1. The maximum absolute atomic E-state index is 13.9. The number of anilines is 1. The van der Waals surface area contributed by atoms with Crippen molar-refractivity contribution in [3.63, 3.8) is 0 Å². The highest BCUT2D eigenvalue weighted by molar-refractivity contribution is 7.70. The van der Waals surface area contributed by atoms with Gasteiger partial charge in [-0.1, -0.05) is 18.2 Å². The van der Waals surface area contributed by atoms with Crippen molar-refractivity contribution in [1.82, 2.24) is 15.6 Å². The molecule has 0 fully saturated rings. The topological polar surface area (TPSA) is 212 Å². The number of benzene rings is 2. The first-order valence-electron chi connectivity index (χ1n) is 13.4. The molecule has 0 aliphatic carbocycles. The summed E-state index contributed by atoms with van der Waals surface area (Å²) < 4.78 is 11.4. The molecule has 0 bridgehead atoms. The largest absolute Gasteiger partial charge is 0.396 e. The van der Waals surface area contributed by atoms with Crippen LogP contribution in [0.3, 0.4) is 0 Å². The summed E-state index contributed by atoms with van der Waals surface area (Å²) in [5.41, 5.74) is 6.66. The molecule has 0 saturated heterocycles. The summed E-state index contributed by atoms with van der Waals surface area (Å²) in [5.74, 6) is -1.87. The van der Waals surface area contributed by atoms with Crippen LogP contribution in [0.2, 0.25) is 0 Å². The molecule has 5 rings (SSSR count). The Labute approximate surface area is 240 Å². The Morgan fingerprint density at radius 2 is 1.88 bits per heavy atom. The van der Waals surface area contributed by atoms with Crippen LogP contribution in [0.4, 0.5) is 5.69 Å². The Morgan fingerprint density at radius 3 is 2.60 bits per heavy atom. The second kappa shape index (κ2) is 11.2. The Kier molecular flexibility index (Phi) is 7.76. The lowest BCUT2D eigenvalue weighted by atomic mass is 10.0. The molecule has 0 saturated carbocycles. The average Bonchev–Trinajstić information content (AvgIpc) is 3.51. The zero-order chi connectivity index (χ0) is 30.3. The molecule has 7 N–H and O–H groups in total. The van der Waals surface area contributed by atoms with Crippen LogP contribution < -0.4 is 21.3 Å². The smallest absolute Gasteiger partial charge is 0.370 e. The number of carbonyl (C=O) groups is 5. The van der Waals surface area contributed by atoms with Gasteiger partial charge in [0, 0.05) is 35.3 Å². The standard InChI is InChI=1S/C28H30N5O8P/c1-14(5-10-23(29)34)30-26(36)22-13-16-4-2-3-15-6-9-20(27(37)33(22)24(15)16)32-25(35)21-12-18-11-17(7-8-19(18)31-21)28(38)42(39,40)41/h2-4,7-8,11-12,14,20,22,31H,5-6,9-10,13H2,1H3,(H2,29,34)(H,30,36)(H,32,35)(H2,39,40,41)/t14-,20+,22+/m1/s1. The summed E-state index contributed by atoms with van der Waals surface area (Å²) in [5, 5.41) is 6.02. The summed E-state index contributed by atoms with van der Waals surface area (Å²) >= 11 is 0. The van der Waals surface area contributed by atoms with Gasteiger partial charge in [0.1, 0.15) is 17.8 Å². The Morgan fingerprint density at radius 1 is 1.14 bits per heavy atom. The van der Waals surface area contributed by atoms with Gasteiger partial charge in [-0.25, -0.2) is 0 Å². The third-order valence-corrected chi connectivity index (χ3v) is 8.39. The second-order valence-corrected chi connectivity index (χ2v) is 12.2. The molecule has 1 aromatic heterocycles. The fourth-order valence-corrected chi connectivity index (χ4v) is 6.01. The van der Waals surface area contributed by atoms with E-state index in [1.54, 1.807) is 6.92 Å². The van der Waals surface area contributed by atoms with E-state index < -0.39 is 42.9 Å². The first-order valence-corrected chi connectivity index (χ1v) is 15.0. The molecule has 2 aliphatic heterocycles. The maximum Gasteiger partial charge on any atom is 0.396 e. The van der Waals surface area contributed by atoms with E-state index in [-0.39, 0.29) is 29.6 Å². The fraction of sp³-hybridized carbons (Fsp3) is 0.321. The molecule has 42 heavy (non-hydrogen) atoms. The van der Waals surface area contributed by atoms with Crippen molar-refractivity contribution >= 4 is 53.3 Å². The number of fused-ring (bicyclic) bond motifs is 1. The molecule has 0 unspecified atom stereocenters.